The third-order valence-corrected chi connectivity index (χ3v) is 5.02. The average Bonchev–Trinajstić information content (AvgIpc) is 2.85. The van der Waals surface area contributed by atoms with E-state index in [-0.39, 0.29) is 30.6 Å². The van der Waals surface area contributed by atoms with Gasteiger partial charge in [-0.25, -0.2) is 8.42 Å². The van der Waals surface area contributed by atoms with E-state index in [2.05, 4.69) is 15.5 Å². The van der Waals surface area contributed by atoms with E-state index in [4.69, 9.17) is 4.74 Å². The first kappa shape index (κ1) is 14.0. The third kappa shape index (κ3) is 2.48. The van der Waals surface area contributed by atoms with Gasteiger partial charge in [-0.3, -0.25) is 9.89 Å². The summed E-state index contributed by atoms with van der Waals surface area (Å²) in [4.78, 5) is 11.8. The molecule has 1 unspecified atom stereocenters. The molecule has 1 fully saturated rings. The molecular weight excluding hydrogens is 272 g/mol. The first-order valence-electron chi connectivity index (χ1n) is 5.79. The summed E-state index contributed by atoms with van der Waals surface area (Å²) < 4.78 is 31.4. The summed E-state index contributed by atoms with van der Waals surface area (Å²) in [6, 6.07) is -0.849. The van der Waals surface area contributed by atoms with Crippen molar-refractivity contribution in [3.63, 3.8) is 0 Å². The van der Waals surface area contributed by atoms with Crippen LogP contribution in [0.15, 0.2) is 11.1 Å². The van der Waals surface area contributed by atoms with E-state index in [9.17, 15) is 13.2 Å². The molecule has 2 rings (SSSR count). The van der Waals surface area contributed by atoms with Gasteiger partial charge in [0, 0.05) is 13.6 Å². The number of likely N-dealkylation sites (N-methyl/N-ethyl adjacent to an activating group) is 1. The second-order valence-electron chi connectivity index (χ2n) is 4.18. The average molecular weight is 288 g/mol. The first-order chi connectivity index (χ1) is 8.98. The zero-order chi connectivity index (χ0) is 14.0. The molecular formula is C10H16N4O4S. The molecule has 0 aliphatic carbocycles. The molecule has 0 spiro atoms. The number of hydrogen-bond acceptors (Lipinski definition) is 5. The Bertz CT molecular complexity index is 568. The van der Waals surface area contributed by atoms with Crippen LogP contribution in [0.4, 0.5) is 0 Å². The predicted octanol–water partition coefficient (Wildman–Crippen LogP) is -1.15. The van der Waals surface area contributed by atoms with E-state index >= 15 is 0 Å². The summed E-state index contributed by atoms with van der Waals surface area (Å²) in [6.45, 7) is 2.08. The van der Waals surface area contributed by atoms with Gasteiger partial charge < -0.3 is 10.1 Å². The normalized spacial score (nSPS) is 21.3. The highest BCUT2D eigenvalue weighted by Gasteiger charge is 2.39. The highest BCUT2D eigenvalue weighted by atomic mass is 32.2. The minimum Gasteiger partial charge on any atom is -0.378 e. The molecule has 1 saturated heterocycles. The van der Waals surface area contributed by atoms with Crippen molar-refractivity contribution in [2.75, 3.05) is 26.8 Å². The Hall–Kier alpha value is -1.45. The third-order valence-electron chi connectivity index (χ3n) is 3.00. The number of aromatic nitrogens is 2. The van der Waals surface area contributed by atoms with Crippen molar-refractivity contribution in [1.82, 2.24) is 19.8 Å². The first-order valence-corrected chi connectivity index (χ1v) is 7.23. The Morgan fingerprint density at radius 1 is 1.63 bits per heavy atom. The molecule has 0 aromatic carbocycles. The van der Waals surface area contributed by atoms with Crippen LogP contribution in [-0.4, -0.2) is 61.7 Å². The second kappa shape index (κ2) is 5.27. The Labute approximate surface area is 111 Å². The second-order valence-corrected chi connectivity index (χ2v) is 6.04. The number of H-pyrrole nitrogens is 1. The van der Waals surface area contributed by atoms with Crippen molar-refractivity contribution in [2.45, 2.75) is 17.9 Å². The summed E-state index contributed by atoms with van der Waals surface area (Å²) in [6.07, 6.45) is 1.25. The highest BCUT2D eigenvalue weighted by Crippen LogP contribution is 2.22. The number of hydrogen-bond donors (Lipinski definition) is 2. The van der Waals surface area contributed by atoms with E-state index < -0.39 is 16.1 Å². The largest absolute Gasteiger partial charge is 0.378 e. The van der Waals surface area contributed by atoms with Crippen LogP contribution >= 0.6 is 0 Å². The van der Waals surface area contributed by atoms with Gasteiger partial charge in [-0.15, -0.1) is 0 Å². The van der Waals surface area contributed by atoms with Crippen LogP contribution < -0.4 is 5.32 Å². The molecule has 1 aliphatic heterocycles. The van der Waals surface area contributed by atoms with Crippen molar-refractivity contribution in [3.05, 3.63) is 11.9 Å². The molecule has 1 aliphatic rings. The fourth-order valence-electron chi connectivity index (χ4n) is 1.98. The number of aryl methyl sites for hydroxylation is 1. The van der Waals surface area contributed by atoms with Crippen LogP contribution in [0.1, 0.15) is 5.69 Å². The Balaban J connectivity index is 2.37. The van der Waals surface area contributed by atoms with Gasteiger partial charge in [-0.05, 0) is 6.92 Å². The zero-order valence-corrected chi connectivity index (χ0v) is 11.5. The van der Waals surface area contributed by atoms with Crippen molar-refractivity contribution in [1.29, 1.82) is 0 Å². The molecule has 1 amide bonds. The van der Waals surface area contributed by atoms with Crippen molar-refractivity contribution in [3.8, 4) is 0 Å². The van der Waals surface area contributed by atoms with Gasteiger partial charge in [0.05, 0.1) is 25.1 Å². The zero-order valence-electron chi connectivity index (χ0n) is 10.7. The predicted molar refractivity (Wildman–Crippen MR) is 65.9 cm³/mol. The lowest BCUT2D eigenvalue weighted by atomic mass is 10.2. The van der Waals surface area contributed by atoms with Crippen LogP contribution in [0.5, 0.6) is 0 Å². The number of sulfonamides is 1. The van der Waals surface area contributed by atoms with Gasteiger partial charge in [-0.1, -0.05) is 0 Å². The van der Waals surface area contributed by atoms with Crippen molar-refractivity contribution in [2.24, 2.45) is 0 Å². The lowest BCUT2D eigenvalue weighted by Crippen LogP contribution is -2.55. The number of carbonyl (C=O) groups is 1. The van der Waals surface area contributed by atoms with Crippen LogP contribution in [0.3, 0.4) is 0 Å². The lowest BCUT2D eigenvalue weighted by Gasteiger charge is -2.32. The molecule has 1 atom stereocenters. The van der Waals surface area contributed by atoms with Gasteiger partial charge in [0.15, 0.2) is 0 Å². The number of ether oxygens (including phenoxy) is 1. The minimum absolute atomic E-state index is 0.0514. The van der Waals surface area contributed by atoms with Crippen LogP contribution in [0.2, 0.25) is 0 Å². The fourth-order valence-corrected chi connectivity index (χ4v) is 3.65. The molecule has 2 N–H and O–H groups in total. The number of rotatable bonds is 3. The van der Waals surface area contributed by atoms with Crippen molar-refractivity contribution < 1.29 is 17.9 Å². The maximum absolute atomic E-state index is 12.5. The summed E-state index contributed by atoms with van der Waals surface area (Å²) >= 11 is 0. The minimum atomic E-state index is -3.75. The summed E-state index contributed by atoms with van der Waals surface area (Å²) in [7, 11) is -2.29. The van der Waals surface area contributed by atoms with E-state index in [1.165, 1.54) is 13.2 Å². The summed E-state index contributed by atoms with van der Waals surface area (Å²) in [5, 5.41) is 8.74. The Kier molecular flexibility index (Phi) is 3.88. The number of aromatic amines is 1. The van der Waals surface area contributed by atoms with E-state index in [1.807, 2.05) is 0 Å². The van der Waals surface area contributed by atoms with Crippen molar-refractivity contribution >= 4 is 15.9 Å². The molecule has 9 heteroatoms. The lowest BCUT2D eigenvalue weighted by molar-refractivity contribution is -0.128. The van der Waals surface area contributed by atoms with Gasteiger partial charge >= 0.3 is 0 Å². The molecule has 1 aromatic heterocycles. The monoisotopic (exact) mass is 288 g/mol. The van der Waals surface area contributed by atoms with E-state index in [0.29, 0.717) is 5.69 Å². The topological polar surface area (TPSA) is 104 Å². The Morgan fingerprint density at radius 2 is 2.37 bits per heavy atom. The van der Waals surface area contributed by atoms with Crippen LogP contribution in [0, 0.1) is 6.92 Å². The summed E-state index contributed by atoms with van der Waals surface area (Å²) in [5.41, 5.74) is 0.446. The smallest absolute Gasteiger partial charge is 0.247 e. The van der Waals surface area contributed by atoms with Gasteiger partial charge in [-0.2, -0.15) is 9.40 Å². The quantitative estimate of drug-likeness (QED) is 0.731. The number of morpholine rings is 1. The summed E-state index contributed by atoms with van der Waals surface area (Å²) in [5.74, 6) is -0.385. The maximum Gasteiger partial charge on any atom is 0.247 e. The standard InChI is InChI=1S/C10H16N4O4S/c1-7-9(5-12-13-7)19(16,17)14-3-4-18-6-8(14)10(15)11-2/h5,8H,3-4,6H2,1-2H3,(H,11,15)(H,12,13). The maximum atomic E-state index is 12.5. The Morgan fingerprint density at radius 3 is 2.95 bits per heavy atom. The number of amides is 1. The van der Waals surface area contributed by atoms with Gasteiger partial charge in [0.25, 0.3) is 0 Å². The molecule has 8 nitrogen and oxygen atoms in total. The van der Waals surface area contributed by atoms with E-state index in [0.717, 1.165) is 4.31 Å². The van der Waals surface area contributed by atoms with Gasteiger partial charge in [0.2, 0.25) is 15.9 Å². The SMILES string of the molecule is CNC(=O)C1COCCN1S(=O)(=O)c1cn[nH]c1C. The molecule has 0 radical (unpaired) electrons. The molecule has 2 heterocycles. The number of nitrogens with zero attached hydrogens (tertiary/aromatic N) is 2. The van der Waals surface area contributed by atoms with Crippen LogP contribution in [0.25, 0.3) is 0 Å². The number of nitrogens with one attached hydrogen (secondary N) is 2. The highest BCUT2D eigenvalue weighted by molar-refractivity contribution is 7.89. The van der Waals surface area contributed by atoms with Crippen LogP contribution in [-0.2, 0) is 19.6 Å². The molecule has 106 valence electrons. The molecule has 0 bridgehead atoms. The molecule has 19 heavy (non-hydrogen) atoms. The fraction of sp³-hybridized carbons (Fsp3) is 0.600. The molecule has 0 saturated carbocycles. The van der Waals surface area contributed by atoms with Gasteiger partial charge in [0.1, 0.15) is 10.9 Å². The number of carbonyl (C=O) groups excluding carboxylic acids is 1. The molecule has 1 aromatic rings. The van der Waals surface area contributed by atoms with E-state index in [1.54, 1.807) is 6.92 Å².